The molecule has 0 bridgehead atoms. The van der Waals surface area contributed by atoms with Crippen molar-refractivity contribution in [1.82, 2.24) is 39.9 Å². The number of carbonyl (C=O) groups is 9. The molecule has 1 unspecified atom stereocenters. The van der Waals surface area contributed by atoms with Crippen LogP contribution in [-0.4, -0.2) is 123 Å². The molecule has 2 saturated carbocycles. The number of rotatable bonds is 18. The van der Waals surface area contributed by atoms with Crippen LogP contribution in [0.5, 0.6) is 0 Å². The predicted octanol–water partition coefficient (Wildman–Crippen LogP) is 4.98. The molecule has 4 aliphatic rings. The van der Waals surface area contributed by atoms with Crippen molar-refractivity contribution in [3.05, 3.63) is 104 Å². The van der Waals surface area contributed by atoms with Crippen molar-refractivity contribution in [2.45, 2.75) is 146 Å². The van der Waals surface area contributed by atoms with Crippen LogP contribution >= 0.6 is 19.2 Å². The first-order chi connectivity index (χ1) is 38.9. The van der Waals surface area contributed by atoms with Crippen molar-refractivity contribution in [3.8, 4) is 0 Å². The Morgan fingerprint density at radius 3 is 2.33 bits per heavy atom. The van der Waals surface area contributed by atoms with Crippen LogP contribution in [0.25, 0.3) is 21.9 Å². The lowest BCUT2D eigenvalue weighted by atomic mass is 9.79. The number of hydrogen-bond acceptors (Lipinski definition) is 11. The van der Waals surface area contributed by atoms with Crippen molar-refractivity contribution in [2.24, 2.45) is 24.6 Å². The van der Waals surface area contributed by atoms with Gasteiger partial charge in [-0.05, 0) is 142 Å². The van der Waals surface area contributed by atoms with Crippen LogP contribution in [0.2, 0.25) is 5.02 Å². The number of benzene rings is 3. The fraction of sp³-hybridized carbons (Fsp3) is 0.483. The standard InChI is InChI=1S/C58H69ClN9O13P/c1-31(2)35-11-12-37(41(59)26-35)29-61-52(72)43(17-21-51(60)71)63-54(74)48-19-14-39-22-23-66(30-45(56(76)67(39)48)64-53(73)44-27-38-25-36(13-16-42(38)62-44)57(77)82(79,80)81)55(75)34-9-6-32(7-10-34)4-5-33-8-18-46-49(24-33)65(3)58(78)68(46)47-20-15-40(69)28-50(47)70/h8,11-13,16,18,24-27,31-32,34,39,43,45,47-48,62H,4-7,9-10,14-15,17,19-23,28-30H2,1-3H3,(H2,60,71)(H,61,72)(H,63,74)(H,64,73)(H2,79,80,81)/t32-,34+,39-,43+,45+,47?,48+/m1/s1. The number of hydrogen-bond donors (Lipinski definition) is 7. The highest BCUT2D eigenvalue weighted by Crippen LogP contribution is 2.40. The predicted molar refractivity (Wildman–Crippen MR) is 302 cm³/mol. The van der Waals surface area contributed by atoms with E-state index in [0.717, 1.165) is 36.8 Å². The summed E-state index contributed by atoms with van der Waals surface area (Å²) in [6.45, 7) is 4.02. The van der Waals surface area contributed by atoms with E-state index in [-0.39, 0.29) is 103 Å². The summed E-state index contributed by atoms with van der Waals surface area (Å²) in [5.41, 5.74) is 7.79. The summed E-state index contributed by atoms with van der Waals surface area (Å²) in [6.07, 6.45) is 5.09. The number of H-pyrrole nitrogens is 1. The molecule has 2 aliphatic carbocycles. The molecule has 5 atom stereocenters. The summed E-state index contributed by atoms with van der Waals surface area (Å²) in [5, 5.41) is 9.09. The number of nitrogens with zero attached hydrogens (tertiary/aromatic N) is 4. The molecular formula is C58H69ClN9O13P. The van der Waals surface area contributed by atoms with Crippen LogP contribution < -0.4 is 27.4 Å². The smallest absolute Gasteiger partial charge is 0.370 e. The second-order valence-corrected chi connectivity index (χ2v) is 24.6. The van der Waals surface area contributed by atoms with Gasteiger partial charge in [0.05, 0.1) is 23.5 Å². The van der Waals surface area contributed by atoms with Crippen LogP contribution in [0.15, 0.2) is 65.5 Å². The van der Waals surface area contributed by atoms with Gasteiger partial charge in [0, 0.05) is 73.0 Å². The molecule has 4 fully saturated rings. The number of primary amides is 1. The number of nitrogens with one attached hydrogen (secondary N) is 4. The molecule has 82 heavy (non-hydrogen) atoms. The molecule has 436 valence electrons. The zero-order valence-corrected chi connectivity index (χ0v) is 47.6. The summed E-state index contributed by atoms with van der Waals surface area (Å²) in [6, 6.07) is 11.6. The van der Waals surface area contributed by atoms with Crippen LogP contribution in [0, 0.1) is 11.8 Å². The fourth-order valence-electron chi connectivity index (χ4n) is 12.3. The third-order valence-corrected chi connectivity index (χ3v) is 18.1. The Morgan fingerprint density at radius 2 is 1.63 bits per heavy atom. The topological polar surface area (TPSA) is 322 Å². The highest BCUT2D eigenvalue weighted by Gasteiger charge is 2.47. The monoisotopic (exact) mass is 1170 g/mol. The molecule has 3 aromatic carbocycles. The van der Waals surface area contributed by atoms with E-state index in [1.807, 2.05) is 44.2 Å². The number of imidazole rings is 1. The Bertz CT molecular complexity index is 3500. The largest absolute Gasteiger partial charge is 0.396 e. The van der Waals surface area contributed by atoms with Gasteiger partial charge in [-0.1, -0.05) is 43.6 Å². The van der Waals surface area contributed by atoms with Crippen molar-refractivity contribution < 1.29 is 57.5 Å². The van der Waals surface area contributed by atoms with Gasteiger partial charge in [0.25, 0.3) is 11.4 Å². The summed E-state index contributed by atoms with van der Waals surface area (Å²) in [4.78, 5) is 160. The van der Waals surface area contributed by atoms with Gasteiger partial charge in [-0.2, -0.15) is 0 Å². The van der Waals surface area contributed by atoms with E-state index in [2.05, 4.69) is 20.9 Å². The molecule has 2 saturated heterocycles. The number of aromatic amines is 1. The molecule has 8 N–H and O–H groups in total. The number of carbonyl (C=O) groups excluding carboxylic acids is 9. The molecule has 6 amide bonds. The summed E-state index contributed by atoms with van der Waals surface area (Å²) < 4.78 is 14.8. The molecule has 0 radical (unpaired) electrons. The third-order valence-electron chi connectivity index (χ3n) is 16.9. The van der Waals surface area contributed by atoms with E-state index in [0.29, 0.717) is 65.2 Å². The lowest BCUT2D eigenvalue weighted by Crippen LogP contribution is -2.62. The molecule has 24 heteroatoms. The molecular weight excluding hydrogens is 1100 g/mol. The maximum Gasteiger partial charge on any atom is 0.396 e. The molecule has 2 aliphatic heterocycles. The zero-order valence-electron chi connectivity index (χ0n) is 46.0. The van der Waals surface area contributed by atoms with Gasteiger partial charge in [0.1, 0.15) is 29.6 Å². The minimum atomic E-state index is -5.13. The van der Waals surface area contributed by atoms with Gasteiger partial charge in [0.2, 0.25) is 29.5 Å². The number of fused-ring (bicyclic) bond motifs is 3. The average Bonchev–Trinajstić information content (AvgIpc) is 4.32. The van der Waals surface area contributed by atoms with Gasteiger partial charge in [-0.25, -0.2) is 4.79 Å². The van der Waals surface area contributed by atoms with Gasteiger partial charge in [-0.15, -0.1) is 0 Å². The summed E-state index contributed by atoms with van der Waals surface area (Å²) in [5.74, 6) is -3.78. The normalized spacial score (nSPS) is 22.0. The zero-order chi connectivity index (χ0) is 58.9. The maximum absolute atomic E-state index is 15.1. The molecule has 4 heterocycles. The quantitative estimate of drug-likeness (QED) is 0.0451. The lowest BCUT2D eigenvalue weighted by molar-refractivity contribution is -0.147. The summed E-state index contributed by atoms with van der Waals surface area (Å²) in [7, 11) is -3.45. The van der Waals surface area contributed by atoms with Crippen molar-refractivity contribution >= 4 is 93.7 Å². The van der Waals surface area contributed by atoms with E-state index in [1.54, 1.807) is 18.0 Å². The van der Waals surface area contributed by atoms with Crippen molar-refractivity contribution in [1.29, 1.82) is 0 Å². The number of ketones is 2. The number of nitrogens with two attached hydrogens (primary N) is 1. The number of amides is 6. The molecule has 0 spiro atoms. The van der Waals surface area contributed by atoms with E-state index >= 15 is 4.79 Å². The first kappa shape index (κ1) is 59.4. The van der Waals surface area contributed by atoms with Crippen LogP contribution in [0.3, 0.4) is 0 Å². The molecule has 9 rings (SSSR count). The Kier molecular flexibility index (Phi) is 17.9. The van der Waals surface area contributed by atoms with E-state index in [9.17, 15) is 57.5 Å². The third kappa shape index (κ3) is 13.0. The first-order valence-corrected chi connectivity index (χ1v) is 30.0. The summed E-state index contributed by atoms with van der Waals surface area (Å²) >= 11 is 6.56. The van der Waals surface area contributed by atoms with E-state index in [4.69, 9.17) is 17.3 Å². The Hall–Kier alpha value is -7.26. The van der Waals surface area contributed by atoms with Crippen molar-refractivity contribution in [3.63, 3.8) is 0 Å². The fourth-order valence-corrected chi connectivity index (χ4v) is 13.0. The van der Waals surface area contributed by atoms with E-state index in [1.165, 1.54) is 38.3 Å². The molecule has 2 aromatic heterocycles. The lowest BCUT2D eigenvalue weighted by Gasteiger charge is -2.40. The van der Waals surface area contributed by atoms with Crippen LogP contribution in [-0.2, 0) is 58.1 Å². The second kappa shape index (κ2) is 24.7. The SMILES string of the molecule is CC(C)c1ccc(CNC(=O)[C@H](CCC(N)=O)NC(=O)[C@@H]2CC[C@@H]3CCN(C(=O)[C@H]4CC[C@@H](CCc5ccc6c(c5)n(C)c(=O)n6C5CCC(=O)CC5=O)CC4)C[C@H](NC(=O)c4cc5cc(C(=O)P(=O)(O)O)ccc5[nH]4)C(=O)N32)c(Cl)c1. The minimum absolute atomic E-state index is 0.0214. The minimum Gasteiger partial charge on any atom is -0.370 e. The number of aromatic nitrogens is 3. The number of Topliss-reactive ketones (excluding diaryl/α,β-unsaturated/α-hetero) is 2. The highest BCUT2D eigenvalue weighted by atomic mass is 35.5. The Morgan fingerprint density at radius 1 is 0.878 bits per heavy atom. The van der Waals surface area contributed by atoms with Crippen LogP contribution in [0.1, 0.15) is 147 Å². The van der Waals surface area contributed by atoms with Gasteiger partial charge in [0.15, 0.2) is 5.78 Å². The maximum atomic E-state index is 15.1. The van der Waals surface area contributed by atoms with E-state index < -0.39 is 72.9 Å². The number of halogens is 1. The second-order valence-electron chi connectivity index (χ2n) is 22.7. The van der Waals surface area contributed by atoms with Gasteiger partial charge in [-0.3, -0.25) is 56.9 Å². The Balaban J connectivity index is 0.894. The average molecular weight is 1170 g/mol. The Labute approximate surface area is 477 Å². The molecule has 5 aromatic rings. The number of aryl methyl sites for hydroxylation is 2. The van der Waals surface area contributed by atoms with Crippen LogP contribution in [0.4, 0.5) is 0 Å². The van der Waals surface area contributed by atoms with Crippen molar-refractivity contribution in [2.75, 3.05) is 13.1 Å². The van der Waals surface area contributed by atoms with Gasteiger partial charge >= 0.3 is 13.3 Å². The van der Waals surface area contributed by atoms with Gasteiger partial charge < -0.3 is 46.3 Å². The highest BCUT2D eigenvalue weighted by molar-refractivity contribution is 7.70. The molecule has 22 nitrogen and oxygen atoms in total. The first-order valence-electron chi connectivity index (χ1n) is 28.0.